The Hall–Kier alpha value is -1.88. The average molecular weight is 303 g/mol. The fourth-order valence-corrected chi connectivity index (χ4v) is 3.47. The van der Waals surface area contributed by atoms with Crippen LogP contribution in [0.15, 0.2) is 24.3 Å². The minimum absolute atomic E-state index is 0.0506. The van der Waals surface area contributed by atoms with Crippen LogP contribution in [0.1, 0.15) is 36.3 Å². The van der Waals surface area contributed by atoms with Crippen molar-refractivity contribution in [2.75, 3.05) is 19.7 Å². The van der Waals surface area contributed by atoms with E-state index in [0.717, 1.165) is 24.8 Å². The number of amides is 1. The van der Waals surface area contributed by atoms with Gasteiger partial charge in [0.25, 0.3) is 0 Å². The quantitative estimate of drug-likeness (QED) is 0.925. The third-order valence-electron chi connectivity index (χ3n) is 4.52. The molecular weight excluding hydrogens is 282 g/mol. The number of carboxylic acid groups (broad SMARTS) is 1. The monoisotopic (exact) mass is 303 g/mol. The predicted octanol–water partition coefficient (Wildman–Crippen LogP) is 1.81. The molecule has 1 aliphatic heterocycles. The second-order valence-electron chi connectivity index (χ2n) is 6.02. The van der Waals surface area contributed by atoms with Gasteiger partial charge in [0, 0.05) is 13.1 Å². The molecule has 0 bridgehead atoms. The third kappa shape index (κ3) is 3.14. The lowest BCUT2D eigenvalue weighted by molar-refractivity contribution is -0.148. The maximum absolute atomic E-state index is 12.9. The Kier molecular flexibility index (Phi) is 4.43. The van der Waals surface area contributed by atoms with E-state index in [1.54, 1.807) is 4.90 Å². The molecule has 0 saturated carbocycles. The van der Waals surface area contributed by atoms with Crippen molar-refractivity contribution in [3.05, 3.63) is 35.4 Å². The van der Waals surface area contributed by atoms with Gasteiger partial charge in [-0.3, -0.25) is 9.59 Å². The molecule has 1 aromatic carbocycles. The normalized spacial score (nSPS) is 24.6. The highest BCUT2D eigenvalue weighted by Gasteiger charge is 2.33. The molecule has 2 atom stereocenters. The lowest BCUT2D eigenvalue weighted by Crippen LogP contribution is -2.48. The second kappa shape index (κ2) is 6.48. The van der Waals surface area contributed by atoms with Crippen molar-refractivity contribution in [3.63, 3.8) is 0 Å². The van der Waals surface area contributed by atoms with Gasteiger partial charge in [0.2, 0.25) is 5.91 Å². The lowest BCUT2D eigenvalue weighted by atomic mass is 9.82. The number of nitrogens with zero attached hydrogens (tertiary/aromatic N) is 1. The SMILES string of the molecule is O=C(O)CC1CN(C(=O)C2CCCc3ccccc32)CCO1. The molecule has 1 amide bonds. The van der Waals surface area contributed by atoms with E-state index in [1.165, 1.54) is 5.56 Å². The van der Waals surface area contributed by atoms with Gasteiger partial charge in [-0.15, -0.1) is 0 Å². The second-order valence-corrected chi connectivity index (χ2v) is 6.02. The summed E-state index contributed by atoms with van der Waals surface area (Å²) in [5.41, 5.74) is 2.41. The van der Waals surface area contributed by atoms with E-state index in [0.29, 0.717) is 19.7 Å². The first-order chi connectivity index (χ1) is 10.6. The predicted molar refractivity (Wildman–Crippen MR) is 80.7 cm³/mol. The van der Waals surface area contributed by atoms with E-state index in [1.807, 2.05) is 18.2 Å². The van der Waals surface area contributed by atoms with Gasteiger partial charge in [0.15, 0.2) is 0 Å². The zero-order valence-electron chi connectivity index (χ0n) is 12.5. The number of carbonyl (C=O) groups is 2. The van der Waals surface area contributed by atoms with Crippen LogP contribution in [0.4, 0.5) is 0 Å². The number of carbonyl (C=O) groups excluding carboxylic acids is 1. The minimum atomic E-state index is -0.887. The molecule has 118 valence electrons. The zero-order chi connectivity index (χ0) is 15.5. The average Bonchev–Trinajstić information content (AvgIpc) is 2.53. The molecule has 0 aromatic heterocycles. The van der Waals surface area contributed by atoms with E-state index in [-0.39, 0.29) is 18.2 Å². The smallest absolute Gasteiger partial charge is 0.306 e. The topological polar surface area (TPSA) is 66.8 Å². The van der Waals surface area contributed by atoms with Crippen LogP contribution in [0.25, 0.3) is 0 Å². The van der Waals surface area contributed by atoms with Crippen LogP contribution < -0.4 is 0 Å². The minimum Gasteiger partial charge on any atom is -0.481 e. The number of aliphatic carboxylic acids is 1. The maximum atomic E-state index is 12.9. The number of rotatable bonds is 3. The highest BCUT2D eigenvalue weighted by molar-refractivity contribution is 5.84. The van der Waals surface area contributed by atoms with Crippen molar-refractivity contribution in [3.8, 4) is 0 Å². The van der Waals surface area contributed by atoms with Crippen LogP contribution in [0.3, 0.4) is 0 Å². The van der Waals surface area contributed by atoms with Crippen molar-refractivity contribution in [1.82, 2.24) is 4.90 Å². The molecule has 0 radical (unpaired) electrons. The number of hydrogen-bond acceptors (Lipinski definition) is 3. The maximum Gasteiger partial charge on any atom is 0.306 e. The molecule has 22 heavy (non-hydrogen) atoms. The number of hydrogen-bond donors (Lipinski definition) is 1. The number of aryl methyl sites for hydroxylation is 1. The van der Waals surface area contributed by atoms with E-state index < -0.39 is 12.1 Å². The molecule has 1 aromatic rings. The summed E-state index contributed by atoms with van der Waals surface area (Å²) in [6, 6.07) is 8.15. The van der Waals surface area contributed by atoms with Gasteiger partial charge in [-0.2, -0.15) is 0 Å². The molecule has 3 rings (SSSR count). The molecule has 2 unspecified atom stereocenters. The van der Waals surface area contributed by atoms with Crippen molar-refractivity contribution in [1.29, 1.82) is 0 Å². The Bertz CT molecular complexity index is 572. The Morgan fingerprint density at radius 2 is 2.14 bits per heavy atom. The van der Waals surface area contributed by atoms with Crippen LogP contribution in [0.2, 0.25) is 0 Å². The molecular formula is C17H21NO4. The van der Waals surface area contributed by atoms with Crippen molar-refractivity contribution >= 4 is 11.9 Å². The van der Waals surface area contributed by atoms with Crippen LogP contribution in [-0.4, -0.2) is 47.7 Å². The molecule has 1 aliphatic carbocycles. The van der Waals surface area contributed by atoms with Crippen LogP contribution in [-0.2, 0) is 20.7 Å². The number of fused-ring (bicyclic) bond motifs is 1. The molecule has 1 saturated heterocycles. The van der Waals surface area contributed by atoms with E-state index in [4.69, 9.17) is 9.84 Å². The fourth-order valence-electron chi connectivity index (χ4n) is 3.47. The molecule has 1 N–H and O–H groups in total. The van der Waals surface area contributed by atoms with E-state index >= 15 is 0 Å². The van der Waals surface area contributed by atoms with Crippen LogP contribution in [0, 0.1) is 0 Å². The highest BCUT2D eigenvalue weighted by atomic mass is 16.5. The summed E-state index contributed by atoms with van der Waals surface area (Å²) in [5.74, 6) is -0.860. The van der Waals surface area contributed by atoms with Crippen molar-refractivity contribution in [2.45, 2.75) is 37.7 Å². The van der Waals surface area contributed by atoms with Gasteiger partial charge in [0.05, 0.1) is 25.0 Å². The fraction of sp³-hybridized carbons (Fsp3) is 0.529. The Balaban J connectivity index is 1.73. The van der Waals surface area contributed by atoms with Gasteiger partial charge < -0.3 is 14.7 Å². The van der Waals surface area contributed by atoms with Gasteiger partial charge >= 0.3 is 5.97 Å². The lowest BCUT2D eigenvalue weighted by Gasteiger charge is -2.36. The first-order valence-electron chi connectivity index (χ1n) is 7.85. The summed E-state index contributed by atoms with van der Waals surface area (Å²) in [7, 11) is 0. The number of ether oxygens (including phenoxy) is 1. The summed E-state index contributed by atoms with van der Waals surface area (Å²) in [6.45, 7) is 1.34. The number of morpholine rings is 1. The Morgan fingerprint density at radius 3 is 2.95 bits per heavy atom. The summed E-state index contributed by atoms with van der Waals surface area (Å²) in [4.78, 5) is 25.5. The number of carboxylic acids is 1. The number of benzene rings is 1. The largest absolute Gasteiger partial charge is 0.481 e. The van der Waals surface area contributed by atoms with E-state index in [2.05, 4.69) is 6.07 Å². The first-order valence-corrected chi connectivity index (χ1v) is 7.85. The van der Waals surface area contributed by atoms with Crippen molar-refractivity contribution < 1.29 is 19.4 Å². The van der Waals surface area contributed by atoms with Gasteiger partial charge in [-0.1, -0.05) is 24.3 Å². The molecule has 5 nitrogen and oxygen atoms in total. The molecule has 0 spiro atoms. The summed E-state index contributed by atoms with van der Waals surface area (Å²) in [6.07, 6.45) is 2.48. The van der Waals surface area contributed by atoms with Gasteiger partial charge in [-0.25, -0.2) is 0 Å². The van der Waals surface area contributed by atoms with Gasteiger partial charge in [0.1, 0.15) is 0 Å². The molecule has 2 aliphatic rings. The summed E-state index contributed by atoms with van der Waals surface area (Å²) in [5, 5.41) is 8.89. The highest BCUT2D eigenvalue weighted by Crippen LogP contribution is 2.33. The first kappa shape index (κ1) is 15.0. The molecule has 1 heterocycles. The Morgan fingerprint density at radius 1 is 1.32 bits per heavy atom. The Labute approximate surface area is 129 Å². The van der Waals surface area contributed by atoms with Crippen LogP contribution in [0.5, 0.6) is 0 Å². The van der Waals surface area contributed by atoms with Crippen LogP contribution >= 0.6 is 0 Å². The summed E-state index contributed by atoms with van der Waals surface area (Å²) < 4.78 is 5.45. The van der Waals surface area contributed by atoms with Crippen molar-refractivity contribution in [2.24, 2.45) is 0 Å². The molecule has 5 heteroatoms. The molecule has 1 fully saturated rings. The zero-order valence-corrected chi connectivity index (χ0v) is 12.5. The van der Waals surface area contributed by atoms with Gasteiger partial charge in [-0.05, 0) is 30.4 Å². The standard InChI is InChI=1S/C17H21NO4/c19-16(20)10-13-11-18(8-9-22-13)17(21)15-7-3-5-12-4-1-2-6-14(12)15/h1-2,4,6,13,15H,3,5,7-11H2,(H,19,20). The van der Waals surface area contributed by atoms with E-state index in [9.17, 15) is 9.59 Å². The summed E-state index contributed by atoms with van der Waals surface area (Å²) >= 11 is 0. The third-order valence-corrected chi connectivity index (χ3v) is 4.52.